The Morgan fingerprint density at radius 1 is 1.10 bits per heavy atom. The van der Waals surface area contributed by atoms with Crippen LogP contribution in [0.3, 0.4) is 0 Å². The van der Waals surface area contributed by atoms with E-state index in [4.69, 9.17) is 11.6 Å². The summed E-state index contributed by atoms with van der Waals surface area (Å²) in [5.41, 5.74) is 0.842. The fourth-order valence-electron chi connectivity index (χ4n) is 1.57. The maximum Gasteiger partial charge on any atom is 0.260 e. The van der Waals surface area contributed by atoms with E-state index in [1.54, 1.807) is 24.3 Å². The second-order valence-corrected chi connectivity index (χ2v) is 7.29. The molecule has 0 fully saturated rings. The smallest absolute Gasteiger partial charge is 0.260 e. The van der Waals surface area contributed by atoms with Gasteiger partial charge in [-0.3, -0.25) is 9.59 Å². The molecule has 1 rings (SSSR count). The molecule has 21 heavy (non-hydrogen) atoms. The standard InChI is InChI=1S/C15H18ClNO2S2/c1-4-20-15(21-5-2)13(10(3)18)14(19)17-12-8-6-11(16)7-9-12/h6-9H,4-5H2,1-3H3,(H,17,19). The first-order valence-electron chi connectivity index (χ1n) is 6.57. The Labute approximate surface area is 138 Å². The molecule has 1 aromatic rings. The topological polar surface area (TPSA) is 46.2 Å². The van der Waals surface area contributed by atoms with E-state index in [1.165, 1.54) is 30.4 Å². The molecule has 0 unspecified atom stereocenters. The Kier molecular flexibility index (Phi) is 7.93. The molecular formula is C15H18ClNO2S2. The number of ketones is 1. The largest absolute Gasteiger partial charge is 0.322 e. The van der Waals surface area contributed by atoms with Crippen molar-refractivity contribution in [2.24, 2.45) is 0 Å². The van der Waals surface area contributed by atoms with Crippen molar-refractivity contribution in [2.75, 3.05) is 16.8 Å². The lowest BCUT2D eigenvalue weighted by atomic mass is 10.2. The number of nitrogens with one attached hydrogen (secondary N) is 1. The molecule has 0 saturated heterocycles. The number of Topliss-reactive ketones (excluding diaryl/α,β-unsaturated/α-hetero) is 1. The van der Waals surface area contributed by atoms with Crippen molar-refractivity contribution >= 4 is 52.5 Å². The zero-order valence-electron chi connectivity index (χ0n) is 12.2. The van der Waals surface area contributed by atoms with Gasteiger partial charge in [-0.05, 0) is 42.7 Å². The minimum atomic E-state index is -0.373. The summed E-state index contributed by atoms with van der Waals surface area (Å²) in [6.07, 6.45) is 0. The number of benzene rings is 1. The number of rotatable bonds is 7. The normalized spacial score (nSPS) is 10.1. The van der Waals surface area contributed by atoms with Crippen LogP contribution in [0.4, 0.5) is 5.69 Å². The first-order valence-corrected chi connectivity index (χ1v) is 8.92. The molecule has 0 radical (unpaired) electrons. The van der Waals surface area contributed by atoms with Crippen LogP contribution in [0.1, 0.15) is 20.8 Å². The van der Waals surface area contributed by atoms with Crippen molar-refractivity contribution in [3.8, 4) is 0 Å². The van der Waals surface area contributed by atoms with Crippen LogP contribution in [0.5, 0.6) is 0 Å². The summed E-state index contributed by atoms with van der Waals surface area (Å²) in [4.78, 5) is 24.2. The zero-order chi connectivity index (χ0) is 15.8. The Morgan fingerprint density at radius 2 is 1.62 bits per heavy atom. The molecular weight excluding hydrogens is 326 g/mol. The predicted octanol–water partition coefficient (Wildman–Crippen LogP) is 4.59. The van der Waals surface area contributed by atoms with Crippen molar-refractivity contribution in [3.05, 3.63) is 39.1 Å². The minimum Gasteiger partial charge on any atom is -0.322 e. The Balaban J connectivity index is 3.03. The quantitative estimate of drug-likeness (QED) is 0.447. The molecule has 0 spiro atoms. The molecule has 114 valence electrons. The summed E-state index contributed by atoms with van der Waals surface area (Å²) in [6.45, 7) is 5.41. The van der Waals surface area contributed by atoms with Crippen molar-refractivity contribution in [1.82, 2.24) is 0 Å². The summed E-state index contributed by atoms with van der Waals surface area (Å²) < 4.78 is 0.777. The monoisotopic (exact) mass is 343 g/mol. The van der Waals surface area contributed by atoms with Crippen LogP contribution in [0.15, 0.2) is 34.1 Å². The van der Waals surface area contributed by atoms with Gasteiger partial charge in [-0.15, -0.1) is 23.5 Å². The molecule has 0 aliphatic carbocycles. The highest BCUT2D eigenvalue weighted by molar-refractivity contribution is 8.22. The van der Waals surface area contributed by atoms with Gasteiger partial charge < -0.3 is 5.32 Å². The molecule has 1 N–H and O–H groups in total. The number of carbonyl (C=O) groups is 2. The Hall–Kier alpha value is -0.910. The molecule has 0 atom stereocenters. The third-order valence-corrected chi connectivity index (χ3v) is 4.91. The predicted molar refractivity (Wildman–Crippen MR) is 94.1 cm³/mol. The van der Waals surface area contributed by atoms with Crippen LogP contribution in [0, 0.1) is 0 Å². The fourth-order valence-corrected chi connectivity index (χ4v) is 4.02. The summed E-state index contributed by atoms with van der Waals surface area (Å²) in [5.74, 6) is 1.03. The van der Waals surface area contributed by atoms with E-state index in [2.05, 4.69) is 5.32 Å². The summed E-state index contributed by atoms with van der Waals surface area (Å²) in [6, 6.07) is 6.79. The molecule has 0 aliphatic rings. The molecule has 3 nitrogen and oxygen atoms in total. The third-order valence-electron chi connectivity index (χ3n) is 2.44. The van der Waals surface area contributed by atoms with Gasteiger partial charge in [0.2, 0.25) is 0 Å². The van der Waals surface area contributed by atoms with Gasteiger partial charge in [-0.25, -0.2) is 0 Å². The van der Waals surface area contributed by atoms with E-state index in [9.17, 15) is 9.59 Å². The van der Waals surface area contributed by atoms with Crippen molar-refractivity contribution in [3.63, 3.8) is 0 Å². The maximum absolute atomic E-state index is 12.4. The van der Waals surface area contributed by atoms with E-state index < -0.39 is 0 Å². The van der Waals surface area contributed by atoms with Gasteiger partial charge in [-0.1, -0.05) is 25.4 Å². The SMILES string of the molecule is CCSC(SCC)=C(C(C)=O)C(=O)Nc1ccc(Cl)cc1. The van der Waals surface area contributed by atoms with Crippen molar-refractivity contribution in [1.29, 1.82) is 0 Å². The van der Waals surface area contributed by atoms with Gasteiger partial charge in [0.05, 0.1) is 4.24 Å². The van der Waals surface area contributed by atoms with E-state index in [1.807, 2.05) is 13.8 Å². The van der Waals surface area contributed by atoms with Crippen LogP contribution < -0.4 is 5.32 Å². The number of amides is 1. The highest BCUT2D eigenvalue weighted by Gasteiger charge is 2.20. The summed E-state index contributed by atoms with van der Waals surface area (Å²) in [7, 11) is 0. The van der Waals surface area contributed by atoms with Crippen LogP contribution in [-0.2, 0) is 9.59 Å². The van der Waals surface area contributed by atoms with Crippen molar-refractivity contribution in [2.45, 2.75) is 20.8 Å². The lowest BCUT2D eigenvalue weighted by Crippen LogP contribution is -2.20. The minimum absolute atomic E-state index is 0.224. The lowest BCUT2D eigenvalue weighted by Gasteiger charge is -2.12. The summed E-state index contributed by atoms with van der Waals surface area (Å²) in [5, 5.41) is 3.34. The first-order chi connectivity index (χ1) is 9.99. The maximum atomic E-state index is 12.4. The second kappa shape index (κ2) is 9.18. The van der Waals surface area contributed by atoms with Gasteiger partial charge in [0.25, 0.3) is 5.91 Å². The van der Waals surface area contributed by atoms with Gasteiger partial charge >= 0.3 is 0 Å². The van der Waals surface area contributed by atoms with E-state index in [0.29, 0.717) is 10.7 Å². The van der Waals surface area contributed by atoms with Gasteiger partial charge in [0.15, 0.2) is 5.78 Å². The highest BCUT2D eigenvalue weighted by Crippen LogP contribution is 2.32. The van der Waals surface area contributed by atoms with E-state index in [-0.39, 0.29) is 17.3 Å². The molecule has 0 bridgehead atoms. The number of carbonyl (C=O) groups excluding carboxylic acids is 2. The Bertz CT molecular complexity index is 533. The number of anilines is 1. The van der Waals surface area contributed by atoms with Crippen LogP contribution in [0.25, 0.3) is 0 Å². The second-order valence-electron chi connectivity index (χ2n) is 4.05. The first kappa shape index (κ1) is 18.1. The summed E-state index contributed by atoms with van der Waals surface area (Å²) >= 11 is 8.85. The molecule has 0 heterocycles. The van der Waals surface area contributed by atoms with Crippen LogP contribution in [0.2, 0.25) is 5.02 Å². The van der Waals surface area contributed by atoms with Crippen LogP contribution >= 0.6 is 35.1 Å². The van der Waals surface area contributed by atoms with E-state index >= 15 is 0 Å². The number of hydrogen-bond acceptors (Lipinski definition) is 4. The van der Waals surface area contributed by atoms with Crippen LogP contribution in [-0.4, -0.2) is 23.2 Å². The molecule has 0 saturated carbocycles. The molecule has 6 heteroatoms. The molecule has 0 aromatic heterocycles. The molecule has 1 amide bonds. The fraction of sp³-hybridized carbons (Fsp3) is 0.333. The zero-order valence-corrected chi connectivity index (χ0v) is 14.6. The van der Waals surface area contributed by atoms with Gasteiger partial charge in [0.1, 0.15) is 5.57 Å². The third kappa shape index (κ3) is 5.77. The number of hydrogen-bond donors (Lipinski definition) is 1. The molecule has 0 aliphatic heterocycles. The average Bonchev–Trinajstić information content (AvgIpc) is 2.41. The Morgan fingerprint density at radius 3 is 2.05 bits per heavy atom. The van der Waals surface area contributed by atoms with Gasteiger partial charge in [0, 0.05) is 10.7 Å². The van der Waals surface area contributed by atoms with Crippen molar-refractivity contribution < 1.29 is 9.59 Å². The number of halogens is 1. The van der Waals surface area contributed by atoms with E-state index in [0.717, 1.165) is 15.7 Å². The lowest BCUT2D eigenvalue weighted by molar-refractivity contribution is -0.118. The molecule has 1 aromatic carbocycles. The average molecular weight is 344 g/mol. The number of thioether (sulfide) groups is 2. The van der Waals surface area contributed by atoms with Gasteiger partial charge in [-0.2, -0.15) is 0 Å². The highest BCUT2D eigenvalue weighted by atomic mass is 35.5.